The van der Waals surface area contributed by atoms with Crippen molar-refractivity contribution >= 4 is 27.5 Å². The molecule has 0 spiro atoms. The second kappa shape index (κ2) is 6.63. The lowest BCUT2D eigenvalue weighted by Crippen LogP contribution is -2.30. The van der Waals surface area contributed by atoms with Crippen LogP contribution in [0.2, 0.25) is 5.02 Å². The van der Waals surface area contributed by atoms with Gasteiger partial charge in [-0.3, -0.25) is 11.3 Å². The van der Waals surface area contributed by atoms with E-state index in [1.165, 1.54) is 18.2 Å². The summed E-state index contributed by atoms with van der Waals surface area (Å²) in [6.07, 6.45) is 0.263. The van der Waals surface area contributed by atoms with E-state index in [1.807, 2.05) is 0 Å². The Balaban J connectivity index is 2.31. The van der Waals surface area contributed by atoms with Gasteiger partial charge >= 0.3 is 0 Å². The smallest absolute Gasteiger partial charge is 0.145 e. The third-order valence-corrected chi connectivity index (χ3v) is 3.69. The van der Waals surface area contributed by atoms with Crippen molar-refractivity contribution in [2.24, 2.45) is 5.84 Å². The fourth-order valence-corrected chi connectivity index (χ4v) is 2.65. The Morgan fingerprint density at radius 1 is 1.25 bits per heavy atom. The molecule has 2 nitrogen and oxygen atoms in total. The Bertz CT molecular complexity index is 602. The summed E-state index contributed by atoms with van der Waals surface area (Å²) in [6.45, 7) is 0. The van der Waals surface area contributed by atoms with Crippen LogP contribution in [0.3, 0.4) is 0 Å². The van der Waals surface area contributed by atoms with Crippen LogP contribution in [0.15, 0.2) is 40.9 Å². The van der Waals surface area contributed by atoms with Crippen LogP contribution in [0.1, 0.15) is 17.2 Å². The van der Waals surface area contributed by atoms with Crippen LogP contribution in [0.25, 0.3) is 0 Å². The number of nitrogens with one attached hydrogen (secondary N) is 1. The van der Waals surface area contributed by atoms with E-state index in [-0.39, 0.29) is 17.3 Å². The van der Waals surface area contributed by atoms with Crippen molar-refractivity contribution in [2.45, 2.75) is 12.5 Å². The van der Waals surface area contributed by atoms with Crippen LogP contribution in [-0.2, 0) is 6.42 Å². The second-order valence-electron chi connectivity index (χ2n) is 4.34. The molecule has 3 N–H and O–H groups in total. The first kappa shape index (κ1) is 15.4. The quantitative estimate of drug-likeness (QED) is 0.635. The SMILES string of the molecule is NNC(Cc1cccc(Cl)c1F)c1cc(F)cc(Br)c1. The van der Waals surface area contributed by atoms with E-state index in [0.29, 0.717) is 15.6 Å². The van der Waals surface area contributed by atoms with Crippen LogP contribution in [0.4, 0.5) is 8.78 Å². The Labute approximate surface area is 129 Å². The molecule has 1 unspecified atom stereocenters. The highest BCUT2D eigenvalue weighted by Gasteiger charge is 2.16. The van der Waals surface area contributed by atoms with Gasteiger partial charge in [-0.25, -0.2) is 8.78 Å². The monoisotopic (exact) mass is 360 g/mol. The minimum Gasteiger partial charge on any atom is -0.271 e. The van der Waals surface area contributed by atoms with Crippen molar-refractivity contribution in [3.63, 3.8) is 0 Å². The Hall–Kier alpha value is -1.01. The molecule has 106 valence electrons. The van der Waals surface area contributed by atoms with Crippen LogP contribution >= 0.6 is 27.5 Å². The van der Waals surface area contributed by atoms with E-state index < -0.39 is 11.9 Å². The van der Waals surface area contributed by atoms with Gasteiger partial charge in [0.15, 0.2) is 0 Å². The van der Waals surface area contributed by atoms with Crippen molar-refractivity contribution in [1.29, 1.82) is 0 Å². The fourth-order valence-electron chi connectivity index (χ4n) is 1.98. The van der Waals surface area contributed by atoms with E-state index in [9.17, 15) is 8.78 Å². The van der Waals surface area contributed by atoms with Crippen LogP contribution in [0.5, 0.6) is 0 Å². The molecule has 0 fully saturated rings. The molecule has 0 aliphatic carbocycles. The average molecular weight is 362 g/mol. The van der Waals surface area contributed by atoms with Crippen molar-refractivity contribution < 1.29 is 8.78 Å². The predicted molar refractivity (Wildman–Crippen MR) is 79.3 cm³/mol. The minimum atomic E-state index is -0.482. The summed E-state index contributed by atoms with van der Waals surface area (Å²) < 4.78 is 27.9. The molecule has 0 amide bonds. The summed E-state index contributed by atoms with van der Waals surface area (Å²) in [5, 5.41) is 0.0543. The van der Waals surface area contributed by atoms with Gasteiger partial charge in [0.05, 0.1) is 11.1 Å². The molecule has 6 heteroatoms. The molecule has 2 aromatic carbocycles. The zero-order chi connectivity index (χ0) is 14.7. The highest BCUT2D eigenvalue weighted by molar-refractivity contribution is 9.10. The Morgan fingerprint density at radius 3 is 2.65 bits per heavy atom. The normalized spacial score (nSPS) is 12.4. The molecule has 0 aliphatic rings. The van der Waals surface area contributed by atoms with Crippen molar-refractivity contribution in [3.05, 3.63) is 68.7 Å². The molecule has 20 heavy (non-hydrogen) atoms. The molecule has 0 heterocycles. The topological polar surface area (TPSA) is 38.0 Å². The number of hydrogen-bond donors (Lipinski definition) is 2. The molecular formula is C14H12BrClF2N2. The summed E-state index contributed by atoms with van der Waals surface area (Å²) >= 11 is 8.96. The number of hydrazine groups is 1. The number of benzene rings is 2. The first-order valence-corrected chi connectivity index (χ1v) is 7.03. The molecule has 2 rings (SSSR count). The van der Waals surface area contributed by atoms with E-state index in [2.05, 4.69) is 21.4 Å². The molecule has 1 atom stereocenters. The van der Waals surface area contributed by atoms with Crippen LogP contribution in [-0.4, -0.2) is 0 Å². The molecule has 0 aromatic heterocycles. The van der Waals surface area contributed by atoms with Crippen molar-refractivity contribution in [2.75, 3.05) is 0 Å². The summed E-state index contributed by atoms with van der Waals surface area (Å²) in [6, 6.07) is 8.78. The molecule has 2 aromatic rings. The van der Waals surface area contributed by atoms with Gasteiger partial charge < -0.3 is 0 Å². The Morgan fingerprint density at radius 2 is 2.00 bits per heavy atom. The third kappa shape index (κ3) is 3.55. The summed E-state index contributed by atoms with van der Waals surface area (Å²) in [7, 11) is 0. The lowest BCUT2D eigenvalue weighted by molar-refractivity contribution is 0.524. The fraction of sp³-hybridized carbons (Fsp3) is 0.143. The van der Waals surface area contributed by atoms with E-state index in [4.69, 9.17) is 17.4 Å². The van der Waals surface area contributed by atoms with E-state index in [1.54, 1.807) is 18.2 Å². The Kier molecular flexibility index (Phi) is 5.10. The van der Waals surface area contributed by atoms with Gasteiger partial charge in [0.1, 0.15) is 11.6 Å². The molecule has 0 bridgehead atoms. The maximum Gasteiger partial charge on any atom is 0.145 e. The van der Waals surface area contributed by atoms with Gasteiger partial charge in [-0.15, -0.1) is 0 Å². The molecule has 0 saturated carbocycles. The first-order chi connectivity index (χ1) is 9.51. The third-order valence-electron chi connectivity index (χ3n) is 2.94. The van der Waals surface area contributed by atoms with Crippen LogP contribution in [0, 0.1) is 11.6 Å². The highest BCUT2D eigenvalue weighted by atomic mass is 79.9. The molecule has 0 radical (unpaired) electrons. The van der Waals surface area contributed by atoms with Gasteiger partial charge in [0.25, 0.3) is 0 Å². The second-order valence-corrected chi connectivity index (χ2v) is 5.66. The zero-order valence-electron chi connectivity index (χ0n) is 10.3. The predicted octanol–water partition coefficient (Wildman–Crippen LogP) is 4.13. The van der Waals surface area contributed by atoms with Crippen molar-refractivity contribution in [3.8, 4) is 0 Å². The van der Waals surface area contributed by atoms with Gasteiger partial charge in [0, 0.05) is 4.47 Å². The van der Waals surface area contributed by atoms with Gasteiger partial charge in [-0.2, -0.15) is 0 Å². The maximum absolute atomic E-state index is 13.9. The average Bonchev–Trinajstić information content (AvgIpc) is 2.39. The first-order valence-electron chi connectivity index (χ1n) is 5.86. The standard InChI is InChI=1S/C14H12BrClF2N2/c15-10-4-9(5-11(17)7-10)13(20-19)6-8-2-1-3-12(16)14(8)18/h1-5,7,13,20H,6,19H2. The summed E-state index contributed by atoms with van der Waals surface area (Å²) in [5.74, 6) is 4.63. The van der Waals surface area contributed by atoms with Gasteiger partial charge in [0.2, 0.25) is 0 Å². The number of rotatable bonds is 4. The highest BCUT2D eigenvalue weighted by Crippen LogP contribution is 2.26. The minimum absolute atomic E-state index is 0.0543. The van der Waals surface area contributed by atoms with E-state index in [0.717, 1.165) is 0 Å². The maximum atomic E-state index is 13.9. The van der Waals surface area contributed by atoms with Crippen LogP contribution < -0.4 is 11.3 Å². The number of nitrogens with two attached hydrogens (primary N) is 1. The summed E-state index contributed by atoms with van der Waals surface area (Å²) in [4.78, 5) is 0. The molecule has 0 saturated heterocycles. The largest absolute Gasteiger partial charge is 0.271 e. The van der Waals surface area contributed by atoms with Gasteiger partial charge in [-0.1, -0.05) is 39.7 Å². The molecular weight excluding hydrogens is 350 g/mol. The number of halogens is 4. The summed E-state index contributed by atoms with van der Waals surface area (Å²) in [5.41, 5.74) is 3.61. The zero-order valence-corrected chi connectivity index (χ0v) is 12.7. The van der Waals surface area contributed by atoms with Crippen molar-refractivity contribution in [1.82, 2.24) is 5.43 Å². The lowest BCUT2D eigenvalue weighted by Gasteiger charge is -2.17. The number of hydrogen-bond acceptors (Lipinski definition) is 2. The molecule has 0 aliphatic heterocycles. The van der Waals surface area contributed by atoms with E-state index >= 15 is 0 Å². The lowest BCUT2D eigenvalue weighted by atomic mass is 9.99. The van der Waals surface area contributed by atoms with Gasteiger partial charge in [-0.05, 0) is 41.8 Å².